The summed E-state index contributed by atoms with van der Waals surface area (Å²) in [6, 6.07) is -2.20. The third-order valence-corrected chi connectivity index (χ3v) is 3.09. The van der Waals surface area contributed by atoms with Crippen LogP contribution >= 0.6 is 0 Å². The van der Waals surface area contributed by atoms with Crippen LogP contribution in [0.15, 0.2) is 0 Å². The molecule has 0 radical (unpaired) electrons. The second-order valence-electron chi connectivity index (χ2n) is 6.10. The van der Waals surface area contributed by atoms with Gasteiger partial charge in [0.15, 0.2) is 0 Å². The van der Waals surface area contributed by atoms with Gasteiger partial charge in [-0.3, -0.25) is 14.4 Å². The summed E-state index contributed by atoms with van der Waals surface area (Å²) in [5.41, 5.74) is 10.9. The number of nitrogens with one attached hydrogen (secondary N) is 2. The first kappa shape index (κ1) is 19.4. The topological polar surface area (TPSA) is 127 Å². The van der Waals surface area contributed by atoms with E-state index in [1.807, 2.05) is 13.8 Å². The molecule has 0 spiro atoms. The Morgan fingerprint density at radius 2 is 1.48 bits per heavy atom. The standard InChI is InChI=1S/C14H28N4O3/c1-7(2)6-10(15)13(20)18-11(8(3)4)14(21)17-9(5)12(16)19/h7-11H,6,15H2,1-5H3,(H2,16,19)(H,17,21)(H,18,20)/t9-,10-,11-/m0/s1. The van der Waals surface area contributed by atoms with Crippen molar-refractivity contribution in [3.63, 3.8) is 0 Å². The zero-order valence-electron chi connectivity index (χ0n) is 13.5. The molecule has 0 aromatic carbocycles. The highest BCUT2D eigenvalue weighted by Crippen LogP contribution is 2.06. The smallest absolute Gasteiger partial charge is 0.243 e. The number of hydrogen-bond donors (Lipinski definition) is 4. The van der Waals surface area contributed by atoms with Crippen molar-refractivity contribution in [2.45, 2.75) is 59.2 Å². The SMILES string of the molecule is CC(C)C[C@H](N)C(=O)N[C@H](C(=O)N[C@@H](C)C(N)=O)C(C)C. The van der Waals surface area contributed by atoms with Gasteiger partial charge in [0.25, 0.3) is 0 Å². The van der Waals surface area contributed by atoms with E-state index >= 15 is 0 Å². The van der Waals surface area contributed by atoms with Gasteiger partial charge >= 0.3 is 0 Å². The summed E-state index contributed by atoms with van der Waals surface area (Å²) in [5.74, 6) is -1.30. The van der Waals surface area contributed by atoms with E-state index in [0.717, 1.165) is 0 Å². The van der Waals surface area contributed by atoms with Crippen molar-refractivity contribution in [1.29, 1.82) is 0 Å². The summed E-state index contributed by atoms with van der Waals surface area (Å²) in [7, 11) is 0. The van der Waals surface area contributed by atoms with E-state index in [0.29, 0.717) is 6.42 Å². The van der Waals surface area contributed by atoms with Gasteiger partial charge < -0.3 is 22.1 Å². The highest BCUT2D eigenvalue weighted by molar-refractivity contribution is 5.92. The third kappa shape index (κ3) is 7.08. The summed E-state index contributed by atoms with van der Waals surface area (Å²) in [4.78, 5) is 35.1. The van der Waals surface area contributed by atoms with Crippen LogP contribution in [0.1, 0.15) is 41.0 Å². The average Bonchev–Trinajstić information content (AvgIpc) is 2.33. The summed E-state index contributed by atoms with van der Waals surface area (Å²) >= 11 is 0. The minimum atomic E-state index is -0.792. The molecule has 3 amide bonds. The van der Waals surface area contributed by atoms with E-state index in [4.69, 9.17) is 11.5 Å². The van der Waals surface area contributed by atoms with Gasteiger partial charge in [-0.2, -0.15) is 0 Å². The van der Waals surface area contributed by atoms with Crippen molar-refractivity contribution >= 4 is 17.7 Å². The molecule has 0 heterocycles. The van der Waals surface area contributed by atoms with Gasteiger partial charge in [0, 0.05) is 0 Å². The molecule has 0 fully saturated rings. The van der Waals surface area contributed by atoms with E-state index in [2.05, 4.69) is 10.6 Å². The van der Waals surface area contributed by atoms with Crippen LogP contribution in [0.3, 0.4) is 0 Å². The Morgan fingerprint density at radius 3 is 1.86 bits per heavy atom. The zero-order chi connectivity index (χ0) is 16.7. The van der Waals surface area contributed by atoms with E-state index in [9.17, 15) is 14.4 Å². The first-order valence-corrected chi connectivity index (χ1v) is 7.21. The van der Waals surface area contributed by atoms with Crippen molar-refractivity contribution in [3.05, 3.63) is 0 Å². The molecule has 21 heavy (non-hydrogen) atoms. The largest absolute Gasteiger partial charge is 0.368 e. The predicted octanol–water partition coefficient (Wildman–Crippen LogP) is -0.509. The van der Waals surface area contributed by atoms with Crippen molar-refractivity contribution in [2.75, 3.05) is 0 Å². The molecule has 7 heteroatoms. The molecular weight excluding hydrogens is 272 g/mol. The lowest BCUT2D eigenvalue weighted by molar-refractivity contribution is -0.132. The minimum absolute atomic E-state index is 0.139. The van der Waals surface area contributed by atoms with Gasteiger partial charge in [-0.15, -0.1) is 0 Å². The first-order chi connectivity index (χ1) is 9.56. The predicted molar refractivity (Wildman–Crippen MR) is 81.0 cm³/mol. The highest BCUT2D eigenvalue weighted by Gasteiger charge is 2.28. The van der Waals surface area contributed by atoms with Crippen LogP contribution < -0.4 is 22.1 Å². The summed E-state index contributed by atoms with van der Waals surface area (Å²) < 4.78 is 0. The molecule has 0 aliphatic rings. The molecule has 0 aromatic heterocycles. The number of carbonyl (C=O) groups is 3. The maximum Gasteiger partial charge on any atom is 0.243 e. The molecule has 0 aliphatic carbocycles. The minimum Gasteiger partial charge on any atom is -0.368 e. The van der Waals surface area contributed by atoms with Crippen LogP contribution in [0, 0.1) is 11.8 Å². The summed E-state index contributed by atoms with van der Waals surface area (Å²) in [6.45, 7) is 9.02. The lowest BCUT2D eigenvalue weighted by Gasteiger charge is -2.25. The highest BCUT2D eigenvalue weighted by atomic mass is 16.2. The maximum atomic E-state index is 12.1. The van der Waals surface area contributed by atoms with Crippen LogP contribution in [0.5, 0.6) is 0 Å². The second kappa shape index (κ2) is 8.61. The van der Waals surface area contributed by atoms with Crippen LogP contribution in [0.2, 0.25) is 0 Å². The number of hydrogen-bond acceptors (Lipinski definition) is 4. The van der Waals surface area contributed by atoms with Crippen molar-refractivity contribution in [2.24, 2.45) is 23.3 Å². The second-order valence-corrected chi connectivity index (χ2v) is 6.10. The number of carbonyl (C=O) groups excluding carboxylic acids is 3. The summed E-state index contributed by atoms with van der Waals surface area (Å²) in [6.07, 6.45) is 0.538. The maximum absolute atomic E-state index is 12.1. The fraction of sp³-hybridized carbons (Fsp3) is 0.786. The zero-order valence-corrected chi connectivity index (χ0v) is 13.5. The van der Waals surface area contributed by atoms with Crippen LogP contribution in [-0.2, 0) is 14.4 Å². The number of nitrogens with two attached hydrogens (primary N) is 2. The van der Waals surface area contributed by atoms with Gasteiger partial charge in [-0.1, -0.05) is 27.7 Å². The van der Waals surface area contributed by atoms with Gasteiger partial charge in [0.1, 0.15) is 12.1 Å². The van der Waals surface area contributed by atoms with Crippen molar-refractivity contribution in [3.8, 4) is 0 Å². The molecular formula is C14H28N4O3. The van der Waals surface area contributed by atoms with Gasteiger partial charge in [0.2, 0.25) is 17.7 Å². The van der Waals surface area contributed by atoms with Crippen molar-refractivity contribution < 1.29 is 14.4 Å². The molecule has 0 aromatic rings. The number of primary amides is 1. The summed E-state index contributed by atoms with van der Waals surface area (Å²) in [5, 5.41) is 5.11. The van der Waals surface area contributed by atoms with E-state index < -0.39 is 29.9 Å². The molecule has 0 saturated heterocycles. The Labute approximate surface area is 126 Å². The number of amides is 3. The molecule has 0 unspecified atom stereocenters. The fourth-order valence-corrected chi connectivity index (χ4v) is 1.78. The quantitative estimate of drug-likeness (QED) is 0.481. The lowest BCUT2D eigenvalue weighted by Crippen LogP contribution is -2.56. The van der Waals surface area contributed by atoms with E-state index in [-0.39, 0.29) is 17.7 Å². The molecule has 0 bridgehead atoms. The molecule has 0 aliphatic heterocycles. The van der Waals surface area contributed by atoms with E-state index in [1.54, 1.807) is 13.8 Å². The normalized spacial score (nSPS) is 15.4. The lowest BCUT2D eigenvalue weighted by atomic mass is 10.0. The average molecular weight is 300 g/mol. The van der Waals surface area contributed by atoms with Crippen LogP contribution in [0.4, 0.5) is 0 Å². The molecule has 7 nitrogen and oxygen atoms in total. The molecule has 3 atom stereocenters. The molecule has 0 saturated carbocycles. The Kier molecular flexibility index (Phi) is 7.94. The Bertz CT molecular complexity index is 382. The van der Waals surface area contributed by atoms with Crippen LogP contribution in [0.25, 0.3) is 0 Å². The third-order valence-electron chi connectivity index (χ3n) is 3.09. The van der Waals surface area contributed by atoms with Gasteiger partial charge in [0.05, 0.1) is 6.04 Å². The van der Waals surface area contributed by atoms with Gasteiger partial charge in [-0.05, 0) is 25.2 Å². The van der Waals surface area contributed by atoms with Crippen LogP contribution in [-0.4, -0.2) is 35.8 Å². The van der Waals surface area contributed by atoms with Crippen molar-refractivity contribution in [1.82, 2.24) is 10.6 Å². The Morgan fingerprint density at radius 1 is 0.952 bits per heavy atom. The molecule has 6 N–H and O–H groups in total. The Balaban J connectivity index is 4.73. The number of rotatable bonds is 8. The van der Waals surface area contributed by atoms with Gasteiger partial charge in [-0.25, -0.2) is 0 Å². The Hall–Kier alpha value is -1.63. The van der Waals surface area contributed by atoms with E-state index in [1.165, 1.54) is 6.92 Å². The molecule has 122 valence electrons. The monoisotopic (exact) mass is 300 g/mol. The fourth-order valence-electron chi connectivity index (χ4n) is 1.78. The molecule has 0 rings (SSSR count). The first-order valence-electron chi connectivity index (χ1n) is 7.21.